The minimum atomic E-state index is -4.98. The van der Waals surface area contributed by atoms with E-state index in [4.69, 9.17) is 4.74 Å². The van der Waals surface area contributed by atoms with Crippen LogP contribution >= 0.6 is 0 Å². The highest BCUT2D eigenvalue weighted by Crippen LogP contribution is 2.32. The summed E-state index contributed by atoms with van der Waals surface area (Å²) in [5.74, 6) is -4.01. The molecule has 0 radical (unpaired) electrons. The molecular weight excluding hydrogens is 643 g/mol. The highest BCUT2D eigenvalue weighted by Gasteiger charge is 2.41. The summed E-state index contributed by atoms with van der Waals surface area (Å²) in [7, 11) is -4.44. The molecule has 246 valence electrons. The van der Waals surface area contributed by atoms with Crippen molar-refractivity contribution in [1.29, 1.82) is 0 Å². The van der Waals surface area contributed by atoms with Crippen LogP contribution < -0.4 is 20.3 Å². The number of fused-ring (bicyclic) bond motifs is 1. The fourth-order valence-electron chi connectivity index (χ4n) is 4.83. The third kappa shape index (κ3) is 7.28. The Hall–Kier alpha value is -4.58. The number of sulfonamides is 1. The molecule has 0 spiro atoms. The Morgan fingerprint density at radius 3 is 2.43 bits per heavy atom. The van der Waals surface area contributed by atoms with Crippen molar-refractivity contribution < 1.29 is 49.4 Å². The van der Waals surface area contributed by atoms with E-state index in [0.29, 0.717) is 11.3 Å². The number of alkyl halides is 5. The number of halogens is 5. The second-order valence-electron chi connectivity index (χ2n) is 10.3. The maximum atomic E-state index is 14.0. The summed E-state index contributed by atoms with van der Waals surface area (Å²) >= 11 is 0. The van der Waals surface area contributed by atoms with E-state index in [1.165, 1.54) is 37.4 Å². The molecule has 2 aliphatic heterocycles. The van der Waals surface area contributed by atoms with Crippen LogP contribution in [0.4, 0.5) is 38.4 Å². The van der Waals surface area contributed by atoms with Crippen LogP contribution in [0.15, 0.2) is 59.6 Å². The molecule has 0 aliphatic carbocycles. The largest absolute Gasteiger partial charge is 0.573 e. The molecule has 1 atom stereocenters. The number of benzene rings is 2. The van der Waals surface area contributed by atoms with Crippen LogP contribution in [-0.4, -0.2) is 66.7 Å². The van der Waals surface area contributed by atoms with Gasteiger partial charge in [-0.05, 0) is 29.8 Å². The lowest BCUT2D eigenvalue weighted by molar-refractivity contribution is -0.274. The molecule has 3 aromatic rings. The van der Waals surface area contributed by atoms with Crippen molar-refractivity contribution in [3.63, 3.8) is 0 Å². The molecule has 0 bridgehead atoms. The molecule has 1 fully saturated rings. The van der Waals surface area contributed by atoms with Gasteiger partial charge in [0, 0.05) is 38.2 Å². The van der Waals surface area contributed by atoms with Crippen molar-refractivity contribution in [3.05, 3.63) is 71.5 Å². The first-order valence-electron chi connectivity index (χ1n) is 13.8. The molecule has 0 unspecified atom stereocenters. The van der Waals surface area contributed by atoms with Crippen molar-refractivity contribution in [2.45, 2.75) is 49.7 Å². The predicted molar refractivity (Wildman–Crippen MR) is 151 cm³/mol. The van der Waals surface area contributed by atoms with Gasteiger partial charge in [0.1, 0.15) is 29.9 Å². The summed E-state index contributed by atoms with van der Waals surface area (Å²) in [6, 6.07) is 7.53. The van der Waals surface area contributed by atoms with Crippen molar-refractivity contribution >= 4 is 33.7 Å². The number of hydrogen-bond acceptors (Lipinski definition) is 9. The quantitative estimate of drug-likeness (QED) is 0.321. The minimum Gasteiger partial charge on any atom is -0.443 e. The number of cyclic esters (lactones) is 1. The number of ether oxygens (including phenoxy) is 2. The van der Waals surface area contributed by atoms with Gasteiger partial charge in [-0.3, -0.25) is 10.1 Å². The Balaban J connectivity index is 1.39. The van der Waals surface area contributed by atoms with Crippen LogP contribution in [0.1, 0.15) is 30.2 Å². The highest BCUT2D eigenvalue weighted by molar-refractivity contribution is 7.89. The van der Waals surface area contributed by atoms with E-state index in [1.807, 2.05) is 0 Å². The van der Waals surface area contributed by atoms with E-state index in [2.05, 4.69) is 25.3 Å². The van der Waals surface area contributed by atoms with E-state index in [-0.39, 0.29) is 54.9 Å². The number of hydrogen-bond donors (Lipinski definition) is 2. The molecule has 2 aromatic carbocycles. The Morgan fingerprint density at radius 2 is 1.78 bits per heavy atom. The van der Waals surface area contributed by atoms with Gasteiger partial charge in [0.15, 0.2) is 5.82 Å². The van der Waals surface area contributed by atoms with Gasteiger partial charge < -0.3 is 19.7 Å². The van der Waals surface area contributed by atoms with Crippen LogP contribution in [0.5, 0.6) is 5.75 Å². The fourth-order valence-corrected chi connectivity index (χ4v) is 6.40. The first-order valence-corrected chi connectivity index (χ1v) is 15.3. The van der Waals surface area contributed by atoms with E-state index in [9.17, 15) is 40.0 Å². The number of carbonyl (C=O) groups is 2. The average Bonchev–Trinajstić information content (AvgIpc) is 3.02. The van der Waals surface area contributed by atoms with Crippen molar-refractivity contribution in [3.8, 4) is 5.75 Å². The maximum Gasteiger partial charge on any atom is 0.573 e. The number of amides is 2. The molecule has 2 N–H and O–H groups in total. The third-order valence-corrected chi connectivity index (χ3v) is 9.23. The summed E-state index contributed by atoms with van der Waals surface area (Å²) in [5.41, 5.74) is 0.648. The maximum absolute atomic E-state index is 14.0. The molecule has 2 aliphatic rings. The Morgan fingerprint density at radius 1 is 1.09 bits per heavy atom. The second kappa shape index (κ2) is 12.7. The van der Waals surface area contributed by atoms with Crippen molar-refractivity contribution in [2.24, 2.45) is 0 Å². The van der Waals surface area contributed by atoms with Gasteiger partial charge in [-0.25, -0.2) is 32.0 Å². The average molecular weight is 671 g/mol. The van der Waals surface area contributed by atoms with Crippen LogP contribution in [0.2, 0.25) is 0 Å². The zero-order valence-electron chi connectivity index (χ0n) is 24.1. The van der Waals surface area contributed by atoms with Gasteiger partial charge >= 0.3 is 12.5 Å². The normalized spacial score (nSPS) is 17.5. The molecule has 2 amide bonds. The smallest absolute Gasteiger partial charge is 0.443 e. The lowest BCUT2D eigenvalue weighted by atomic mass is 10.0. The van der Waals surface area contributed by atoms with Crippen LogP contribution in [0.3, 0.4) is 0 Å². The van der Waals surface area contributed by atoms with Gasteiger partial charge in [0.25, 0.3) is 5.92 Å². The first kappa shape index (κ1) is 32.8. The lowest BCUT2D eigenvalue weighted by Crippen LogP contribution is -2.60. The lowest BCUT2D eigenvalue weighted by Gasteiger charge is -2.40. The third-order valence-electron chi connectivity index (χ3n) is 7.30. The molecule has 3 heterocycles. The van der Waals surface area contributed by atoms with E-state index >= 15 is 0 Å². The number of aromatic nitrogens is 2. The molecule has 12 nitrogen and oxygen atoms in total. The summed E-state index contributed by atoms with van der Waals surface area (Å²) in [4.78, 5) is 35.1. The number of anilines is 2. The number of nitrogens with zero attached hydrogens (tertiary/aromatic N) is 4. The van der Waals surface area contributed by atoms with E-state index in [1.54, 1.807) is 4.90 Å². The van der Waals surface area contributed by atoms with Crippen LogP contribution in [0.25, 0.3) is 0 Å². The monoisotopic (exact) mass is 670 g/mol. The molecule has 1 aromatic heterocycles. The van der Waals surface area contributed by atoms with Gasteiger partial charge in [0.2, 0.25) is 15.9 Å². The Labute approximate surface area is 259 Å². The summed E-state index contributed by atoms with van der Waals surface area (Å²) in [6.07, 6.45) is -4.72. The molecule has 18 heteroatoms. The van der Waals surface area contributed by atoms with E-state index < -0.39 is 52.5 Å². The van der Waals surface area contributed by atoms with Gasteiger partial charge in [-0.15, -0.1) is 13.2 Å². The van der Waals surface area contributed by atoms with Gasteiger partial charge in [-0.1, -0.05) is 31.2 Å². The van der Waals surface area contributed by atoms with Crippen molar-refractivity contribution in [1.82, 2.24) is 19.6 Å². The Bertz CT molecular complexity index is 1710. The minimum absolute atomic E-state index is 0.0310. The number of rotatable bonds is 9. The predicted octanol–water partition coefficient (Wildman–Crippen LogP) is 4.14. The van der Waals surface area contributed by atoms with Gasteiger partial charge in [-0.2, -0.15) is 4.31 Å². The molecule has 5 rings (SSSR count). The SMILES string of the molecule is CCC(F)(F)c1ccc(CNC(=O)[C@H]2CN(c3cnc4c(n3)NC(=O)OC4)CCN2S(=O)(=O)c2ccc(OC(F)(F)F)cc2)cc1. The van der Waals surface area contributed by atoms with Crippen molar-refractivity contribution in [2.75, 3.05) is 29.9 Å². The number of carbonyl (C=O) groups excluding carboxylic acids is 2. The zero-order valence-corrected chi connectivity index (χ0v) is 24.9. The van der Waals surface area contributed by atoms with Gasteiger partial charge in [0.05, 0.1) is 11.1 Å². The highest BCUT2D eigenvalue weighted by atomic mass is 32.2. The fraction of sp³-hybridized carbons (Fsp3) is 0.357. The molecular formula is C28H27F5N6O6S. The summed E-state index contributed by atoms with van der Waals surface area (Å²) < 4.78 is 103. The standard InChI is InChI=1S/C28H27F5N6O6S/c1-2-27(29,30)18-5-3-17(4-6-18)13-35-25(40)22-15-38(23-14-34-21-16-44-26(41)37-24(21)36-23)11-12-39(22)46(42,43)20-9-7-19(8-10-20)45-28(31,32)33/h3-10,14,22H,2,11-13,15-16H2,1H3,(H,35,40)(H,36,37,41)/t22-/m1/s1. The first-order chi connectivity index (χ1) is 21.7. The molecule has 1 saturated heterocycles. The Kier molecular flexibility index (Phi) is 9.03. The van der Waals surface area contributed by atoms with Crippen LogP contribution in [0, 0.1) is 0 Å². The van der Waals surface area contributed by atoms with Crippen LogP contribution in [-0.2, 0) is 38.6 Å². The second-order valence-corrected chi connectivity index (χ2v) is 12.2. The summed E-state index contributed by atoms with van der Waals surface area (Å²) in [5, 5.41) is 5.07. The summed E-state index contributed by atoms with van der Waals surface area (Å²) in [6.45, 7) is 0.705. The zero-order chi connectivity index (χ0) is 33.3. The topological polar surface area (TPSA) is 143 Å². The molecule has 0 saturated carbocycles. The molecule has 46 heavy (non-hydrogen) atoms. The number of piperazine rings is 1. The van der Waals surface area contributed by atoms with E-state index in [0.717, 1.165) is 28.6 Å². The number of nitrogens with one attached hydrogen (secondary N) is 2.